The standard InChI is InChI=1S/C17H17NO2/c1-19-15-5-2-13(3-6-15)9-11-20-16-7-4-14-8-10-18-17(14)12-16/h2-8,10,12,18H,9,11H2,1H3. The quantitative estimate of drug-likeness (QED) is 0.763. The first kappa shape index (κ1) is 12.6. The second-order valence-electron chi connectivity index (χ2n) is 4.67. The van der Waals surface area contributed by atoms with Gasteiger partial charge < -0.3 is 14.5 Å². The maximum absolute atomic E-state index is 5.79. The van der Waals surface area contributed by atoms with Gasteiger partial charge >= 0.3 is 0 Å². The van der Waals surface area contributed by atoms with Crippen LogP contribution in [-0.4, -0.2) is 18.7 Å². The molecular weight excluding hydrogens is 250 g/mol. The van der Waals surface area contributed by atoms with Crippen LogP contribution in [0.4, 0.5) is 0 Å². The predicted octanol–water partition coefficient (Wildman–Crippen LogP) is 3.80. The van der Waals surface area contributed by atoms with Crippen LogP contribution >= 0.6 is 0 Å². The number of aromatic amines is 1. The van der Waals surface area contributed by atoms with Crippen LogP contribution in [0.15, 0.2) is 54.7 Å². The Morgan fingerprint density at radius 1 is 0.950 bits per heavy atom. The Morgan fingerprint density at radius 3 is 2.55 bits per heavy atom. The van der Waals surface area contributed by atoms with Crippen molar-refractivity contribution in [1.29, 1.82) is 0 Å². The Hall–Kier alpha value is -2.42. The van der Waals surface area contributed by atoms with Crippen LogP contribution in [0.3, 0.4) is 0 Å². The molecule has 1 aromatic heterocycles. The summed E-state index contributed by atoms with van der Waals surface area (Å²) in [7, 11) is 1.68. The van der Waals surface area contributed by atoms with Gasteiger partial charge in [-0.15, -0.1) is 0 Å². The van der Waals surface area contributed by atoms with Crippen LogP contribution in [0.25, 0.3) is 10.9 Å². The molecule has 0 fully saturated rings. The first-order valence-electron chi connectivity index (χ1n) is 6.68. The molecule has 1 heterocycles. The highest BCUT2D eigenvalue weighted by Crippen LogP contribution is 2.19. The van der Waals surface area contributed by atoms with Crippen molar-refractivity contribution in [3.8, 4) is 11.5 Å². The van der Waals surface area contributed by atoms with Gasteiger partial charge in [0.1, 0.15) is 11.5 Å². The Kier molecular flexibility index (Phi) is 3.59. The number of hydrogen-bond donors (Lipinski definition) is 1. The fourth-order valence-corrected chi connectivity index (χ4v) is 2.20. The van der Waals surface area contributed by atoms with Crippen LogP contribution in [0, 0.1) is 0 Å². The summed E-state index contributed by atoms with van der Waals surface area (Å²) in [5.74, 6) is 1.78. The number of benzene rings is 2. The fraction of sp³-hybridized carbons (Fsp3) is 0.176. The van der Waals surface area contributed by atoms with Crippen molar-refractivity contribution in [2.75, 3.05) is 13.7 Å². The van der Waals surface area contributed by atoms with E-state index in [-0.39, 0.29) is 0 Å². The predicted molar refractivity (Wildman–Crippen MR) is 80.5 cm³/mol. The van der Waals surface area contributed by atoms with Gasteiger partial charge in [-0.1, -0.05) is 12.1 Å². The summed E-state index contributed by atoms with van der Waals surface area (Å²) < 4.78 is 10.9. The van der Waals surface area contributed by atoms with E-state index in [2.05, 4.69) is 29.2 Å². The molecule has 0 unspecified atom stereocenters. The van der Waals surface area contributed by atoms with Gasteiger partial charge in [0.15, 0.2) is 0 Å². The largest absolute Gasteiger partial charge is 0.497 e. The lowest BCUT2D eigenvalue weighted by atomic mass is 10.1. The Morgan fingerprint density at radius 2 is 1.75 bits per heavy atom. The number of rotatable bonds is 5. The summed E-state index contributed by atoms with van der Waals surface area (Å²) in [6.07, 6.45) is 2.82. The summed E-state index contributed by atoms with van der Waals surface area (Å²) >= 11 is 0. The third-order valence-corrected chi connectivity index (χ3v) is 3.35. The highest BCUT2D eigenvalue weighted by molar-refractivity contribution is 5.80. The zero-order chi connectivity index (χ0) is 13.8. The summed E-state index contributed by atoms with van der Waals surface area (Å²) in [6.45, 7) is 0.665. The minimum absolute atomic E-state index is 0.665. The lowest BCUT2D eigenvalue weighted by molar-refractivity contribution is 0.322. The summed E-state index contributed by atoms with van der Waals surface area (Å²) in [5.41, 5.74) is 2.35. The number of aromatic nitrogens is 1. The molecule has 0 aliphatic rings. The van der Waals surface area contributed by atoms with E-state index in [0.717, 1.165) is 23.4 Å². The number of hydrogen-bond acceptors (Lipinski definition) is 2. The van der Waals surface area contributed by atoms with Crippen LogP contribution in [-0.2, 0) is 6.42 Å². The Bertz CT molecular complexity index is 686. The van der Waals surface area contributed by atoms with E-state index >= 15 is 0 Å². The number of ether oxygens (including phenoxy) is 2. The maximum Gasteiger partial charge on any atom is 0.121 e. The third kappa shape index (κ3) is 2.77. The van der Waals surface area contributed by atoms with Crippen molar-refractivity contribution in [2.45, 2.75) is 6.42 Å². The van der Waals surface area contributed by atoms with E-state index in [1.165, 1.54) is 10.9 Å². The van der Waals surface area contributed by atoms with Crippen molar-refractivity contribution >= 4 is 10.9 Å². The second kappa shape index (κ2) is 5.70. The van der Waals surface area contributed by atoms with Crippen molar-refractivity contribution in [1.82, 2.24) is 4.98 Å². The number of nitrogens with one attached hydrogen (secondary N) is 1. The van der Waals surface area contributed by atoms with Crippen LogP contribution < -0.4 is 9.47 Å². The molecule has 3 rings (SSSR count). The molecule has 0 radical (unpaired) electrons. The third-order valence-electron chi connectivity index (χ3n) is 3.35. The molecule has 0 saturated heterocycles. The Labute approximate surface area is 118 Å². The normalized spacial score (nSPS) is 10.7. The minimum atomic E-state index is 0.665. The fourth-order valence-electron chi connectivity index (χ4n) is 2.20. The van der Waals surface area contributed by atoms with E-state index in [1.807, 2.05) is 30.5 Å². The van der Waals surface area contributed by atoms with Gasteiger partial charge in [0, 0.05) is 24.2 Å². The molecule has 0 saturated carbocycles. The van der Waals surface area contributed by atoms with E-state index < -0.39 is 0 Å². The summed E-state index contributed by atoms with van der Waals surface area (Å²) in [5, 5.41) is 1.20. The summed E-state index contributed by atoms with van der Waals surface area (Å²) in [4.78, 5) is 3.19. The SMILES string of the molecule is COc1ccc(CCOc2ccc3cc[nH]c3c2)cc1. The van der Waals surface area contributed by atoms with Crippen molar-refractivity contribution in [3.05, 3.63) is 60.3 Å². The summed E-state index contributed by atoms with van der Waals surface area (Å²) in [6, 6.07) is 16.2. The van der Waals surface area contributed by atoms with Gasteiger partial charge in [0.2, 0.25) is 0 Å². The first-order valence-corrected chi connectivity index (χ1v) is 6.68. The number of fused-ring (bicyclic) bond motifs is 1. The molecule has 0 aliphatic heterocycles. The molecule has 2 aromatic carbocycles. The zero-order valence-electron chi connectivity index (χ0n) is 11.4. The average molecular weight is 267 g/mol. The van der Waals surface area contributed by atoms with Gasteiger partial charge in [-0.05, 0) is 41.3 Å². The van der Waals surface area contributed by atoms with Gasteiger partial charge in [-0.3, -0.25) is 0 Å². The molecule has 0 atom stereocenters. The molecule has 3 heteroatoms. The average Bonchev–Trinajstić information content (AvgIpc) is 2.95. The molecule has 0 spiro atoms. The van der Waals surface area contributed by atoms with E-state index in [9.17, 15) is 0 Å². The topological polar surface area (TPSA) is 34.2 Å². The van der Waals surface area contributed by atoms with Gasteiger partial charge in [-0.2, -0.15) is 0 Å². The number of H-pyrrole nitrogens is 1. The van der Waals surface area contributed by atoms with Crippen molar-refractivity contribution in [2.24, 2.45) is 0 Å². The van der Waals surface area contributed by atoms with Gasteiger partial charge in [-0.25, -0.2) is 0 Å². The van der Waals surface area contributed by atoms with E-state index in [0.29, 0.717) is 6.61 Å². The molecule has 3 aromatic rings. The molecule has 102 valence electrons. The molecule has 0 bridgehead atoms. The van der Waals surface area contributed by atoms with Crippen molar-refractivity contribution in [3.63, 3.8) is 0 Å². The van der Waals surface area contributed by atoms with Crippen molar-refractivity contribution < 1.29 is 9.47 Å². The highest BCUT2D eigenvalue weighted by Gasteiger charge is 1.99. The first-order chi connectivity index (χ1) is 9.85. The Balaban J connectivity index is 1.58. The molecule has 1 N–H and O–H groups in total. The lowest BCUT2D eigenvalue weighted by Crippen LogP contribution is -2.01. The number of methoxy groups -OCH3 is 1. The lowest BCUT2D eigenvalue weighted by Gasteiger charge is -2.07. The molecule has 0 aliphatic carbocycles. The molecular formula is C17H17NO2. The van der Waals surface area contributed by atoms with Gasteiger partial charge in [0.25, 0.3) is 0 Å². The van der Waals surface area contributed by atoms with Gasteiger partial charge in [0.05, 0.1) is 13.7 Å². The second-order valence-corrected chi connectivity index (χ2v) is 4.67. The van der Waals surface area contributed by atoms with Crippen LogP contribution in [0.1, 0.15) is 5.56 Å². The van der Waals surface area contributed by atoms with Crippen LogP contribution in [0.2, 0.25) is 0 Å². The molecule has 0 amide bonds. The van der Waals surface area contributed by atoms with E-state index in [1.54, 1.807) is 7.11 Å². The maximum atomic E-state index is 5.79. The minimum Gasteiger partial charge on any atom is -0.497 e. The molecule has 20 heavy (non-hydrogen) atoms. The smallest absolute Gasteiger partial charge is 0.121 e. The monoisotopic (exact) mass is 267 g/mol. The molecule has 3 nitrogen and oxygen atoms in total. The highest BCUT2D eigenvalue weighted by atomic mass is 16.5. The zero-order valence-corrected chi connectivity index (χ0v) is 11.4. The van der Waals surface area contributed by atoms with Crippen LogP contribution in [0.5, 0.6) is 11.5 Å². The van der Waals surface area contributed by atoms with E-state index in [4.69, 9.17) is 9.47 Å².